The maximum absolute atomic E-state index is 12.6. The third-order valence-electron chi connectivity index (χ3n) is 5.02. The molecule has 0 unspecified atom stereocenters. The van der Waals surface area contributed by atoms with Gasteiger partial charge < -0.3 is 4.90 Å². The van der Waals surface area contributed by atoms with E-state index in [4.69, 9.17) is 0 Å². The van der Waals surface area contributed by atoms with Crippen molar-refractivity contribution < 1.29 is 9.59 Å². The molecule has 3 heterocycles. The smallest absolute Gasteiger partial charge is 0.320 e. The number of Topliss-reactive ketones (excluding diaryl/α,β-unsaturated/α-hetero) is 1. The van der Waals surface area contributed by atoms with E-state index in [0.29, 0.717) is 18.8 Å². The van der Waals surface area contributed by atoms with Gasteiger partial charge in [0.05, 0.1) is 0 Å². The van der Waals surface area contributed by atoms with E-state index in [9.17, 15) is 9.59 Å². The summed E-state index contributed by atoms with van der Waals surface area (Å²) in [6, 6.07) is 9.74. The fraction of sp³-hybridized carbons (Fsp3) is 0.286. The molecule has 0 saturated carbocycles. The van der Waals surface area contributed by atoms with E-state index in [1.807, 2.05) is 18.5 Å². The number of rotatable bonds is 4. The molecule has 1 saturated heterocycles. The summed E-state index contributed by atoms with van der Waals surface area (Å²) >= 11 is 0. The summed E-state index contributed by atoms with van der Waals surface area (Å²) in [7, 11) is 0. The van der Waals surface area contributed by atoms with Gasteiger partial charge in [0.2, 0.25) is 0 Å². The monoisotopic (exact) mass is 390 g/mol. The number of nitrogens with zero attached hydrogens (tertiary/aromatic N) is 6. The van der Waals surface area contributed by atoms with E-state index in [1.165, 1.54) is 23.5 Å². The Bertz CT molecular complexity index is 1010. The Balaban J connectivity index is 1.35. The van der Waals surface area contributed by atoms with E-state index in [2.05, 4.69) is 38.2 Å². The molecule has 1 aromatic carbocycles. The van der Waals surface area contributed by atoms with Crippen LogP contribution in [0.2, 0.25) is 0 Å². The molecule has 1 aliphatic rings. The van der Waals surface area contributed by atoms with Gasteiger partial charge in [-0.15, -0.1) is 0 Å². The molecule has 29 heavy (non-hydrogen) atoms. The number of aromatic nitrogens is 4. The Hall–Kier alpha value is -3.39. The second kappa shape index (κ2) is 8.32. The molecule has 0 N–H and O–H groups in total. The number of hydrogen-bond donors (Lipinski definition) is 0. The fourth-order valence-corrected chi connectivity index (χ4v) is 3.42. The number of amides is 1. The Morgan fingerprint density at radius 2 is 1.76 bits per heavy atom. The van der Waals surface area contributed by atoms with Crippen LogP contribution < -0.4 is 0 Å². The summed E-state index contributed by atoms with van der Waals surface area (Å²) in [5, 5.41) is 4.06. The Morgan fingerprint density at radius 3 is 2.45 bits per heavy atom. The van der Waals surface area contributed by atoms with Gasteiger partial charge in [0, 0.05) is 63.8 Å². The second-order valence-electron chi connectivity index (χ2n) is 7.08. The summed E-state index contributed by atoms with van der Waals surface area (Å²) < 4.78 is 1.25. The van der Waals surface area contributed by atoms with Gasteiger partial charge in [-0.3, -0.25) is 9.69 Å². The lowest BCUT2D eigenvalue weighted by molar-refractivity contribution is 0.101. The number of carbonyl (C=O) groups excluding carboxylic acids is 2. The van der Waals surface area contributed by atoms with Gasteiger partial charge >= 0.3 is 6.03 Å². The molecule has 0 bridgehead atoms. The van der Waals surface area contributed by atoms with Crippen LogP contribution in [-0.2, 0) is 6.54 Å². The van der Waals surface area contributed by atoms with Crippen molar-refractivity contribution in [2.45, 2.75) is 13.5 Å². The van der Waals surface area contributed by atoms with Crippen molar-refractivity contribution in [2.24, 2.45) is 0 Å². The highest BCUT2D eigenvalue weighted by Gasteiger charge is 2.23. The van der Waals surface area contributed by atoms with Gasteiger partial charge in [0.1, 0.15) is 12.0 Å². The Morgan fingerprint density at radius 1 is 1.00 bits per heavy atom. The number of piperazine rings is 1. The zero-order chi connectivity index (χ0) is 20.2. The first kappa shape index (κ1) is 18.9. The summed E-state index contributed by atoms with van der Waals surface area (Å²) in [6.45, 7) is 5.08. The maximum atomic E-state index is 12.6. The van der Waals surface area contributed by atoms with Gasteiger partial charge in [0.25, 0.3) is 0 Å². The summed E-state index contributed by atoms with van der Waals surface area (Å²) in [6.07, 6.45) is 6.69. The molecule has 1 amide bonds. The van der Waals surface area contributed by atoms with Crippen LogP contribution >= 0.6 is 0 Å². The number of carbonyl (C=O) groups is 2. The molecular formula is C21H22N6O2. The van der Waals surface area contributed by atoms with Gasteiger partial charge in [0.15, 0.2) is 5.78 Å². The fourth-order valence-electron chi connectivity index (χ4n) is 3.42. The molecule has 0 radical (unpaired) electrons. The minimum atomic E-state index is -0.191. The van der Waals surface area contributed by atoms with Crippen molar-refractivity contribution in [1.82, 2.24) is 29.5 Å². The van der Waals surface area contributed by atoms with E-state index in [1.54, 1.807) is 17.2 Å². The summed E-state index contributed by atoms with van der Waals surface area (Å²) in [5.74, 6) is -0.148. The van der Waals surface area contributed by atoms with E-state index >= 15 is 0 Å². The number of benzene rings is 1. The van der Waals surface area contributed by atoms with Crippen molar-refractivity contribution in [3.63, 3.8) is 0 Å². The highest BCUT2D eigenvalue weighted by Crippen LogP contribution is 2.20. The van der Waals surface area contributed by atoms with Crippen molar-refractivity contribution in [3.05, 3.63) is 66.5 Å². The van der Waals surface area contributed by atoms with E-state index in [0.717, 1.165) is 30.8 Å². The first-order valence-electron chi connectivity index (χ1n) is 9.53. The van der Waals surface area contributed by atoms with E-state index < -0.39 is 0 Å². The molecule has 0 atom stereocenters. The van der Waals surface area contributed by atoms with Crippen LogP contribution in [0.5, 0.6) is 0 Å². The average molecular weight is 390 g/mol. The van der Waals surface area contributed by atoms with Crippen LogP contribution in [0.15, 0.2) is 55.2 Å². The first-order chi connectivity index (χ1) is 14.1. The molecule has 1 aliphatic heterocycles. The first-order valence-corrected chi connectivity index (χ1v) is 9.53. The van der Waals surface area contributed by atoms with Crippen LogP contribution in [0.25, 0.3) is 11.1 Å². The second-order valence-corrected chi connectivity index (χ2v) is 7.08. The maximum Gasteiger partial charge on any atom is 0.344 e. The third kappa shape index (κ3) is 4.38. The number of hydrogen-bond acceptors (Lipinski definition) is 6. The molecule has 2 aromatic heterocycles. The molecule has 0 spiro atoms. The van der Waals surface area contributed by atoms with Gasteiger partial charge in [-0.1, -0.05) is 18.2 Å². The molecule has 4 rings (SSSR count). The van der Waals surface area contributed by atoms with Crippen LogP contribution in [0.3, 0.4) is 0 Å². The molecule has 8 heteroatoms. The lowest BCUT2D eigenvalue weighted by atomic mass is 10.1. The SMILES string of the molecule is CC(=O)c1ccn(C(=O)N2CCN(Cc3cccc(-c4cncnc4)c3)CC2)n1. The van der Waals surface area contributed by atoms with Crippen molar-refractivity contribution in [2.75, 3.05) is 26.2 Å². The predicted octanol–water partition coefficient (Wildman–Crippen LogP) is 2.33. The summed E-state index contributed by atoms with van der Waals surface area (Å²) in [4.78, 5) is 36.2. The van der Waals surface area contributed by atoms with E-state index in [-0.39, 0.29) is 11.8 Å². The van der Waals surface area contributed by atoms with Crippen LogP contribution in [-0.4, -0.2) is 67.5 Å². The van der Waals surface area contributed by atoms with Gasteiger partial charge in [-0.2, -0.15) is 9.78 Å². The predicted molar refractivity (Wildman–Crippen MR) is 107 cm³/mol. The van der Waals surface area contributed by atoms with Gasteiger partial charge in [-0.05, 0) is 23.3 Å². The normalized spacial score (nSPS) is 14.7. The number of ketones is 1. The Kier molecular flexibility index (Phi) is 5.44. The van der Waals surface area contributed by atoms with Gasteiger partial charge in [-0.25, -0.2) is 14.8 Å². The zero-order valence-corrected chi connectivity index (χ0v) is 16.2. The molecule has 3 aromatic rings. The van der Waals surface area contributed by atoms with Crippen LogP contribution in [0.4, 0.5) is 4.79 Å². The minimum absolute atomic E-state index is 0.148. The van der Waals surface area contributed by atoms with Crippen molar-refractivity contribution >= 4 is 11.8 Å². The topological polar surface area (TPSA) is 84.2 Å². The molecule has 8 nitrogen and oxygen atoms in total. The molecular weight excluding hydrogens is 368 g/mol. The lowest BCUT2D eigenvalue weighted by Crippen LogP contribution is -2.49. The zero-order valence-electron chi connectivity index (χ0n) is 16.2. The molecule has 0 aliphatic carbocycles. The molecule has 1 fully saturated rings. The lowest BCUT2D eigenvalue weighted by Gasteiger charge is -2.34. The molecule has 148 valence electrons. The van der Waals surface area contributed by atoms with Crippen LogP contribution in [0, 0.1) is 0 Å². The summed E-state index contributed by atoms with van der Waals surface area (Å²) in [5.41, 5.74) is 3.61. The average Bonchev–Trinajstić information content (AvgIpc) is 3.25. The minimum Gasteiger partial charge on any atom is -0.320 e. The largest absolute Gasteiger partial charge is 0.344 e. The van der Waals surface area contributed by atoms with Crippen molar-refractivity contribution in [1.29, 1.82) is 0 Å². The Labute approximate surface area is 168 Å². The quantitative estimate of drug-likeness (QED) is 0.636. The van der Waals surface area contributed by atoms with Crippen molar-refractivity contribution in [3.8, 4) is 11.1 Å². The highest BCUT2D eigenvalue weighted by atomic mass is 16.2. The third-order valence-corrected chi connectivity index (χ3v) is 5.02. The standard InChI is InChI=1S/C21H22N6O2/c1-16(28)20-5-6-27(24-20)21(29)26-9-7-25(8-10-26)14-17-3-2-4-18(11-17)19-12-22-15-23-13-19/h2-6,11-13,15H,7-10,14H2,1H3. The van der Waals surface area contributed by atoms with Crippen LogP contribution in [0.1, 0.15) is 23.0 Å². The highest BCUT2D eigenvalue weighted by molar-refractivity contribution is 5.92.